The van der Waals surface area contributed by atoms with Gasteiger partial charge in [0.25, 0.3) is 0 Å². The van der Waals surface area contributed by atoms with Gasteiger partial charge in [-0.15, -0.1) is 0 Å². The quantitative estimate of drug-likeness (QED) is 0.812. The topological polar surface area (TPSA) is 41.1 Å². The number of halogens is 3. The SMILES string of the molecule is CC1CCCNC1C(=O)Nc1cc(F)c(F)cc1F. The van der Waals surface area contributed by atoms with E-state index in [9.17, 15) is 18.0 Å². The molecule has 1 aliphatic heterocycles. The predicted octanol–water partition coefficient (Wildman–Crippen LogP) is 2.43. The predicted molar refractivity (Wildman–Crippen MR) is 65.1 cm³/mol. The first kappa shape index (κ1) is 13.9. The second-order valence-corrected chi connectivity index (χ2v) is 4.79. The molecule has 1 aromatic rings. The van der Waals surface area contributed by atoms with Crippen LogP contribution in [0.5, 0.6) is 0 Å². The van der Waals surface area contributed by atoms with Gasteiger partial charge >= 0.3 is 0 Å². The molecule has 1 amide bonds. The van der Waals surface area contributed by atoms with E-state index in [1.807, 2.05) is 6.92 Å². The van der Waals surface area contributed by atoms with Gasteiger partial charge in [-0.2, -0.15) is 0 Å². The highest BCUT2D eigenvalue weighted by atomic mass is 19.2. The molecule has 2 N–H and O–H groups in total. The van der Waals surface area contributed by atoms with Gasteiger partial charge in [0, 0.05) is 12.1 Å². The maximum absolute atomic E-state index is 13.4. The zero-order valence-electron chi connectivity index (χ0n) is 10.5. The van der Waals surface area contributed by atoms with Gasteiger partial charge in [-0.05, 0) is 25.3 Å². The van der Waals surface area contributed by atoms with E-state index in [1.54, 1.807) is 0 Å². The Bertz CT molecular complexity index is 493. The summed E-state index contributed by atoms with van der Waals surface area (Å²) in [6.07, 6.45) is 1.87. The summed E-state index contributed by atoms with van der Waals surface area (Å²) in [5.74, 6) is -3.78. The minimum absolute atomic E-state index is 0.113. The fourth-order valence-electron chi connectivity index (χ4n) is 2.23. The third kappa shape index (κ3) is 3.07. The van der Waals surface area contributed by atoms with Crippen LogP contribution in [0.15, 0.2) is 12.1 Å². The number of anilines is 1. The average molecular weight is 272 g/mol. The molecule has 1 aliphatic rings. The second-order valence-electron chi connectivity index (χ2n) is 4.79. The van der Waals surface area contributed by atoms with E-state index in [1.165, 1.54) is 0 Å². The summed E-state index contributed by atoms with van der Waals surface area (Å²) in [5, 5.41) is 5.33. The first-order valence-electron chi connectivity index (χ1n) is 6.18. The number of benzene rings is 1. The maximum Gasteiger partial charge on any atom is 0.241 e. The summed E-state index contributed by atoms with van der Waals surface area (Å²) >= 11 is 0. The molecule has 0 spiro atoms. The van der Waals surface area contributed by atoms with Crippen molar-refractivity contribution >= 4 is 11.6 Å². The van der Waals surface area contributed by atoms with Gasteiger partial charge in [0.2, 0.25) is 5.91 Å². The molecule has 0 aliphatic carbocycles. The Morgan fingerprint density at radius 2 is 1.95 bits per heavy atom. The van der Waals surface area contributed by atoms with Crippen molar-refractivity contribution in [2.75, 3.05) is 11.9 Å². The van der Waals surface area contributed by atoms with Gasteiger partial charge in [-0.3, -0.25) is 4.79 Å². The van der Waals surface area contributed by atoms with Gasteiger partial charge < -0.3 is 10.6 Å². The molecule has 1 saturated heterocycles. The molecular weight excluding hydrogens is 257 g/mol. The third-order valence-corrected chi connectivity index (χ3v) is 3.32. The Hall–Kier alpha value is -1.56. The summed E-state index contributed by atoms with van der Waals surface area (Å²) in [6.45, 7) is 2.63. The van der Waals surface area contributed by atoms with Crippen LogP contribution in [0, 0.1) is 23.4 Å². The Morgan fingerprint density at radius 1 is 1.26 bits per heavy atom. The Kier molecular flexibility index (Phi) is 4.09. The number of carbonyl (C=O) groups is 1. The van der Waals surface area contributed by atoms with Crippen LogP contribution >= 0.6 is 0 Å². The number of hydrogen-bond acceptors (Lipinski definition) is 2. The smallest absolute Gasteiger partial charge is 0.241 e. The highest BCUT2D eigenvalue weighted by Crippen LogP contribution is 2.21. The Balaban J connectivity index is 2.12. The molecule has 1 heterocycles. The van der Waals surface area contributed by atoms with Crippen LogP contribution < -0.4 is 10.6 Å². The third-order valence-electron chi connectivity index (χ3n) is 3.32. The zero-order valence-corrected chi connectivity index (χ0v) is 10.5. The molecule has 0 aromatic heterocycles. The average Bonchev–Trinajstić information content (AvgIpc) is 2.36. The summed E-state index contributed by atoms with van der Waals surface area (Å²) in [6, 6.07) is 0.625. The Labute approximate surface area is 109 Å². The molecule has 0 saturated carbocycles. The van der Waals surface area contributed by atoms with Gasteiger partial charge in [0.05, 0.1) is 11.7 Å². The van der Waals surface area contributed by atoms with Crippen molar-refractivity contribution in [2.24, 2.45) is 5.92 Å². The molecule has 1 fully saturated rings. The van der Waals surface area contributed by atoms with Crippen molar-refractivity contribution in [1.29, 1.82) is 0 Å². The molecule has 3 nitrogen and oxygen atoms in total. The molecule has 1 aromatic carbocycles. The zero-order chi connectivity index (χ0) is 14.0. The highest BCUT2D eigenvalue weighted by Gasteiger charge is 2.28. The molecule has 2 atom stereocenters. The van der Waals surface area contributed by atoms with Crippen LogP contribution in [0.25, 0.3) is 0 Å². The number of carbonyl (C=O) groups excluding carboxylic acids is 1. The van der Waals surface area contributed by atoms with E-state index in [0.29, 0.717) is 18.7 Å². The van der Waals surface area contributed by atoms with E-state index in [0.717, 1.165) is 12.8 Å². The van der Waals surface area contributed by atoms with Crippen molar-refractivity contribution in [2.45, 2.75) is 25.8 Å². The summed E-state index contributed by atoms with van der Waals surface area (Å²) < 4.78 is 39.2. The fourth-order valence-corrected chi connectivity index (χ4v) is 2.23. The number of nitrogens with one attached hydrogen (secondary N) is 2. The lowest BCUT2D eigenvalue weighted by Crippen LogP contribution is -2.48. The van der Waals surface area contributed by atoms with E-state index in [2.05, 4.69) is 10.6 Å². The Morgan fingerprint density at radius 3 is 2.63 bits per heavy atom. The second kappa shape index (κ2) is 5.61. The maximum atomic E-state index is 13.4. The monoisotopic (exact) mass is 272 g/mol. The summed E-state index contributed by atoms with van der Waals surface area (Å²) in [4.78, 5) is 12.0. The van der Waals surface area contributed by atoms with Gasteiger partial charge in [-0.25, -0.2) is 13.2 Å². The van der Waals surface area contributed by atoms with Crippen LogP contribution in [-0.2, 0) is 4.79 Å². The van der Waals surface area contributed by atoms with E-state index in [4.69, 9.17) is 0 Å². The van der Waals surface area contributed by atoms with Crippen molar-refractivity contribution in [3.63, 3.8) is 0 Å². The molecule has 2 rings (SSSR count). The largest absolute Gasteiger partial charge is 0.322 e. The van der Waals surface area contributed by atoms with Crippen LogP contribution in [0.2, 0.25) is 0 Å². The van der Waals surface area contributed by atoms with Crippen LogP contribution in [-0.4, -0.2) is 18.5 Å². The first-order chi connectivity index (χ1) is 8.99. The number of rotatable bonds is 2. The molecule has 0 bridgehead atoms. The van der Waals surface area contributed by atoms with Crippen LogP contribution in [0.1, 0.15) is 19.8 Å². The number of hydrogen-bond donors (Lipinski definition) is 2. The fraction of sp³-hybridized carbons (Fsp3) is 0.462. The summed E-state index contributed by atoms with van der Waals surface area (Å²) in [7, 11) is 0. The van der Waals surface area contributed by atoms with Crippen molar-refractivity contribution in [3.8, 4) is 0 Å². The first-order valence-corrected chi connectivity index (χ1v) is 6.18. The van der Waals surface area contributed by atoms with E-state index < -0.39 is 29.4 Å². The standard InChI is InChI=1S/C13H15F3N2O/c1-7-3-2-4-17-12(7)13(19)18-11-6-9(15)8(14)5-10(11)16/h5-7,12,17H,2-4H2,1H3,(H,18,19). The molecule has 2 unspecified atom stereocenters. The van der Waals surface area contributed by atoms with Crippen LogP contribution in [0.4, 0.5) is 18.9 Å². The van der Waals surface area contributed by atoms with E-state index >= 15 is 0 Å². The van der Waals surface area contributed by atoms with Crippen LogP contribution in [0.3, 0.4) is 0 Å². The lowest BCUT2D eigenvalue weighted by atomic mass is 9.92. The van der Waals surface area contributed by atoms with Gasteiger partial charge in [0.15, 0.2) is 11.6 Å². The lowest BCUT2D eigenvalue weighted by molar-refractivity contribution is -0.119. The van der Waals surface area contributed by atoms with Crippen molar-refractivity contribution < 1.29 is 18.0 Å². The highest BCUT2D eigenvalue weighted by molar-refractivity contribution is 5.95. The lowest BCUT2D eigenvalue weighted by Gasteiger charge is -2.28. The molecular formula is C13H15F3N2O. The molecule has 104 valence electrons. The molecule has 19 heavy (non-hydrogen) atoms. The number of piperidine rings is 1. The summed E-state index contributed by atoms with van der Waals surface area (Å²) in [5.41, 5.74) is -0.344. The van der Waals surface area contributed by atoms with Gasteiger partial charge in [-0.1, -0.05) is 6.92 Å². The van der Waals surface area contributed by atoms with Gasteiger partial charge in [0.1, 0.15) is 5.82 Å². The minimum Gasteiger partial charge on any atom is -0.322 e. The van der Waals surface area contributed by atoms with Crippen molar-refractivity contribution in [1.82, 2.24) is 5.32 Å². The van der Waals surface area contributed by atoms with E-state index in [-0.39, 0.29) is 11.6 Å². The van der Waals surface area contributed by atoms with Crippen molar-refractivity contribution in [3.05, 3.63) is 29.6 Å². The number of amides is 1. The minimum atomic E-state index is -1.28. The normalized spacial score (nSPS) is 23.2. The molecule has 6 heteroatoms. The molecule has 0 radical (unpaired) electrons.